The zero-order chi connectivity index (χ0) is 15.6. The van der Waals surface area contributed by atoms with Crippen LogP contribution in [0.3, 0.4) is 0 Å². The lowest BCUT2D eigenvalue weighted by Gasteiger charge is -2.33. The first-order valence-electron chi connectivity index (χ1n) is 6.59. The molecule has 1 heterocycles. The predicted octanol–water partition coefficient (Wildman–Crippen LogP) is 1.11. The zero-order valence-corrected chi connectivity index (χ0v) is 11.9. The van der Waals surface area contributed by atoms with E-state index in [1.807, 2.05) is 5.32 Å². The summed E-state index contributed by atoms with van der Waals surface area (Å²) in [6.07, 6.45) is 0.647. The number of imide groups is 2. The van der Waals surface area contributed by atoms with E-state index in [1.165, 1.54) is 4.90 Å². The van der Waals surface area contributed by atoms with E-state index in [2.05, 4.69) is 0 Å². The van der Waals surface area contributed by atoms with Gasteiger partial charge in [0.15, 0.2) is 0 Å². The van der Waals surface area contributed by atoms with Crippen molar-refractivity contribution in [3.8, 4) is 0 Å². The third-order valence-electron chi connectivity index (χ3n) is 3.58. The molecule has 21 heavy (non-hydrogen) atoms. The quantitative estimate of drug-likeness (QED) is 0.650. The second-order valence-electron chi connectivity index (χ2n) is 5.49. The van der Waals surface area contributed by atoms with E-state index >= 15 is 0 Å². The summed E-state index contributed by atoms with van der Waals surface area (Å²) in [6.45, 7) is 3.45. The highest BCUT2D eigenvalue weighted by Crippen LogP contribution is 2.31. The molecule has 0 unspecified atom stereocenters. The maximum atomic E-state index is 12.4. The Balaban J connectivity index is 2.18. The Kier molecular flexibility index (Phi) is 3.88. The van der Waals surface area contributed by atoms with Crippen LogP contribution < -0.4 is 5.32 Å². The molecule has 1 N–H and O–H groups in total. The Morgan fingerprint density at radius 2 is 1.71 bits per heavy atom. The van der Waals surface area contributed by atoms with Crippen LogP contribution in [0, 0.1) is 0 Å². The molecule has 1 aliphatic heterocycles. The summed E-state index contributed by atoms with van der Waals surface area (Å²) in [7, 11) is 0. The lowest BCUT2D eigenvalue weighted by Crippen LogP contribution is -2.48. The molecule has 1 aromatic carbocycles. The highest BCUT2D eigenvalue weighted by molar-refractivity contribution is 6.21. The summed E-state index contributed by atoms with van der Waals surface area (Å²) in [5.41, 5.74) is -0.0474. The lowest BCUT2D eigenvalue weighted by atomic mass is 9.95. The number of benzene rings is 1. The van der Waals surface area contributed by atoms with Crippen molar-refractivity contribution in [3.05, 3.63) is 35.4 Å². The predicted molar refractivity (Wildman–Crippen MR) is 74.5 cm³/mol. The second-order valence-corrected chi connectivity index (χ2v) is 5.49. The normalized spacial score (nSPS) is 14.1. The molecule has 6 nitrogen and oxygen atoms in total. The molecule has 0 saturated carbocycles. The molecule has 4 amide bonds. The number of nitrogens with one attached hydrogen (secondary N) is 1. The molecule has 1 aliphatic rings. The minimum Gasteiger partial charge on any atom is -0.299 e. The lowest BCUT2D eigenvalue weighted by molar-refractivity contribution is -0.125. The number of rotatable bonds is 5. The average molecular weight is 288 g/mol. The molecular weight excluding hydrogens is 272 g/mol. The van der Waals surface area contributed by atoms with Gasteiger partial charge >= 0.3 is 0 Å². The fraction of sp³-hybridized carbons (Fsp3) is 0.333. The first kappa shape index (κ1) is 14.9. The van der Waals surface area contributed by atoms with Gasteiger partial charge in [-0.05, 0) is 32.4 Å². The summed E-state index contributed by atoms with van der Waals surface area (Å²) in [6, 6.07) is 6.64. The van der Waals surface area contributed by atoms with Gasteiger partial charge < -0.3 is 0 Å². The van der Waals surface area contributed by atoms with Crippen LogP contribution in [0.2, 0.25) is 0 Å². The van der Waals surface area contributed by atoms with Gasteiger partial charge in [-0.2, -0.15) is 0 Å². The van der Waals surface area contributed by atoms with Crippen LogP contribution in [0.15, 0.2) is 24.3 Å². The van der Waals surface area contributed by atoms with Gasteiger partial charge in [-0.25, -0.2) is 0 Å². The van der Waals surface area contributed by atoms with Crippen molar-refractivity contribution < 1.29 is 19.2 Å². The highest BCUT2D eigenvalue weighted by atomic mass is 16.2. The molecule has 0 aromatic heterocycles. The minimum atomic E-state index is -0.812. The van der Waals surface area contributed by atoms with Gasteiger partial charge in [0.1, 0.15) is 0 Å². The van der Waals surface area contributed by atoms with Gasteiger partial charge in [-0.1, -0.05) is 12.1 Å². The Hall–Kier alpha value is -2.50. The first-order valence-corrected chi connectivity index (χ1v) is 6.59. The van der Waals surface area contributed by atoms with Gasteiger partial charge in [0.05, 0.1) is 11.1 Å². The molecule has 1 aromatic rings. The topological polar surface area (TPSA) is 83.6 Å². The van der Waals surface area contributed by atoms with E-state index in [0.29, 0.717) is 17.5 Å². The van der Waals surface area contributed by atoms with E-state index in [-0.39, 0.29) is 24.7 Å². The second kappa shape index (κ2) is 5.47. The molecule has 6 heteroatoms. The van der Waals surface area contributed by atoms with Gasteiger partial charge in [0.25, 0.3) is 11.8 Å². The van der Waals surface area contributed by atoms with Gasteiger partial charge in [0, 0.05) is 12.0 Å². The number of fused-ring (bicyclic) bond motifs is 1. The zero-order valence-electron chi connectivity index (χ0n) is 11.9. The minimum absolute atomic E-state index is 0.0547. The Morgan fingerprint density at radius 1 is 1.19 bits per heavy atom. The number of hydrogen-bond donors (Lipinski definition) is 1. The van der Waals surface area contributed by atoms with Crippen LogP contribution in [-0.2, 0) is 9.59 Å². The van der Waals surface area contributed by atoms with Crippen LogP contribution >= 0.6 is 0 Å². The molecule has 110 valence electrons. The van der Waals surface area contributed by atoms with Gasteiger partial charge in [-0.3, -0.25) is 29.4 Å². The van der Waals surface area contributed by atoms with Crippen molar-refractivity contribution in [2.24, 2.45) is 0 Å². The van der Waals surface area contributed by atoms with E-state index in [0.717, 1.165) is 0 Å². The van der Waals surface area contributed by atoms with Crippen LogP contribution in [0.1, 0.15) is 47.4 Å². The molecule has 0 aliphatic carbocycles. The summed E-state index contributed by atoms with van der Waals surface area (Å²) >= 11 is 0. The third-order valence-corrected chi connectivity index (χ3v) is 3.58. The molecule has 0 radical (unpaired) electrons. The van der Waals surface area contributed by atoms with Crippen LogP contribution in [0.4, 0.5) is 0 Å². The summed E-state index contributed by atoms with van der Waals surface area (Å²) in [5.74, 6) is -1.14. The number of hydrogen-bond acceptors (Lipinski definition) is 4. The smallest absolute Gasteiger partial charge is 0.262 e. The maximum absolute atomic E-state index is 12.4. The SMILES string of the molecule is CC(C)(CCC(=O)NC=O)N1C(=O)c2ccccc2C1=O. The van der Waals surface area contributed by atoms with Crippen molar-refractivity contribution in [3.63, 3.8) is 0 Å². The number of amides is 4. The number of nitrogens with zero attached hydrogens (tertiary/aromatic N) is 1. The molecule has 0 fully saturated rings. The maximum Gasteiger partial charge on any atom is 0.262 e. The summed E-state index contributed by atoms with van der Waals surface area (Å²) in [4.78, 5) is 47.5. The molecule has 0 bridgehead atoms. The Bertz CT molecular complexity index is 587. The van der Waals surface area contributed by atoms with Gasteiger partial charge in [-0.15, -0.1) is 0 Å². The Labute approximate surface area is 122 Å². The van der Waals surface area contributed by atoms with Crippen LogP contribution in [0.5, 0.6) is 0 Å². The first-order chi connectivity index (χ1) is 9.88. The van der Waals surface area contributed by atoms with Crippen LogP contribution in [-0.4, -0.2) is 34.6 Å². The highest BCUT2D eigenvalue weighted by Gasteiger charge is 2.43. The van der Waals surface area contributed by atoms with Crippen molar-refractivity contribution in [1.29, 1.82) is 0 Å². The number of carbonyl (C=O) groups excluding carboxylic acids is 4. The standard InChI is InChI=1S/C15H16N2O4/c1-15(2,8-7-12(19)16-9-18)17-13(20)10-5-3-4-6-11(10)14(17)21/h3-6,9H,7-8H2,1-2H3,(H,16,18,19). The number of carbonyl (C=O) groups is 4. The molecule has 2 rings (SSSR count). The fourth-order valence-electron chi connectivity index (χ4n) is 2.41. The van der Waals surface area contributed by atoms with Crippen molar-refractivity contribution in [2.75, 3.05) is 0 Å². The fourth-order valence-corrected chi connectivity index (χ4v) is 2.41. The average Bonchev–Trinajstić information content (AvgIpc) is 2.70. The van der Waals surface area contributed by atoms with E-state index in [9.17, 15) is 19.2 Å². The monoisotopic (exact) mass is 288 g/mol. The van der Waals surface area contributed by atoms with Crippen LogP contribution in [0.25, 0.3) is 0 Å². The van der Waals surface area contributed by atoms with Gasteiger partial charge in [0.2, 0.25) is 12.3 Å². The summed E-state index contributed by atoms with van der Waals surface area (Å²) < 4.78 is 0. The molecule has 0 spiro atoms. The van der Waals surface area contributed by atoms with Crippen molar-refractivity contribution in [1.82, 2.24) is 10.2 Å². The molecule has 0 atom stereocenters. The largest absolute Gasteiger partial charge is 0.299 e. The van der Waals surface area contributed by atoms with E-state index in [1.54, 1.807) is 38.1 Å². The molecule has 0 saturated heterocycles. The molecular formula is C15H16N2O4. The van der Waals surface area contributed by atoms with Crippen molar-refractivity contribution >= 4 is 24.1 Å². The van der Waals surface area contributed by atoms with E-state index < -0.39 is 11.4 Å². The van der Waals surface area contributed by atoms with E-state index in [4.69, 9.17) is 0 Å². The summed E-state index contributed by atoms with van der Waals surface area (Å²) in [5, 5.41) is 2.04. The van der Waals surface area contributed by atoms with Crippen molar-refractivity contribution in [2.45, 2.75) is 32.2 Å². The Morgan fingerprint density at radius 3 is 2.19 bits per heavy atom. The third kappa shape index (κ3) is 2.69.